The fourth-order valence-corrected chi connectivity index (χ4v) is 2.34. The van der Waals surface area contributed by atoms with E-state index < -0.39 is 11.8 Å². The van der Waals surface area contributed by atoms with Gasteiger partial charge >= 0.3 is 6.18 Å². The van der Waals surface area contributed by atoms with Gasteiger partial charge in [-0.25, -0.2) is 0 Å². The zero-order valence-corrected chi connectivity index (χ0v) is 9.99. The highest BCUT2D eigenvalue weighted by Gasteiger charge is 2.61. The minimum Gasteiger partial charge on any atom is -0.380 e. The lowest BCUT2D eigenvalue weighted by Crippen LogP contribution is -2.64. The SMILES string of the molecule is CCCC(C)(C)NC1CC(O)(C(F)(F)F)C1. The van der Waals surface area contributed by atoms with Crippen LogP contribution in [-0.4, -0.2) is 28.5 Å². The van der Waals surface area contributed by atoms with Crippen LogP contribution < -0.4 is 5.32 Å². The van der Waals surface area contributed by atoms with Crippen LogP contribution in [0.1, 0.15) is 46.5 Å². The Morgan fingerprint density at radius 2 is 1.81 bits per heavy atom. The van der Waals surface area contributed by atoms with Crippen molar-refractivity contribution >= 4 is 0 Å². The standard InChI is InChI=1S/C11H20F3NO/c1-4-5-9(2,3)15-8-6-10(16,7-8)11(12,13)14/h8,15-16H,4-7H2,1-3H3. The molecule has 1 fully saturated rings. The Balaban J connectivity index is 2.42. The van der Waals surface area contributed by atoms with Crippen molar-refractivity contribution in [2.75, 3.05) is 0 Å². The molecule has 0 bridgehead atoms. The molecule has 2 nitrogen and oxygen atoms in total. The van der Waals surface area contributed by atoms with Gasteiger partial charge in [-0.15, -0.1) is 0 Å². The maximum absolute atomic E-state index is 12.4. The molecule has 0 unspecified atom stereocenters. The first-order chi connectivity index (χ1) is 7.10. The van der Waals surface area contributed by atoms with Crippen LogP contribution in [0.3, 0.4) is 0 Å². The van der Waals surface area contributed by atoms with Crippen LogP contribution in [-0.2, 0) is 0 Å². The molecule has 0 aromatic rings. The van der Waals surface area contributed by atoms with Gasteiger partial charge in [-0.2, -0.15) is 13.2 Å². The van der Waals surface area contributed by atoms with E-state index in [1.54, 1.807) is 0 Å². The number of rotatable bonds is 4. The van der Waals surface area contributed by atoms with Crippen molar-refractivity contribution in [3.05, 3.63) is 0 Å². The zero-order valence-electron chi connectivity index (χ0n) is 9.99. The molecule has 1 saturated carbocycles. The maximum Gasteiger partial charge on any atom is 0.417 e. The van der Waals surface area contributed by atoms with Gasteiger partial charge in [0.05, 0.1) is 0 Å². The van der Waals surface area contributed by atoms with E-state index >= 15 is 0 Å². The zero-order chi connectivity index (χ0) is 12.6. The summed E-state index contributed by atoms with van der Waals surface area (Å²) in [5, 5.41) is 12.4. The number of aliphatic hydroxyl groups is 1. The van der Waals surface area contributed by atoms with Crippen molar-refractivity contribution in [2.24, 2.45) is 0 Å². The smallest absolute Gasteiger partial charge is 0.380 e. The molecule has 1 aliphatic carbocycles. The second-order valence-corrected chi connectivity index (χ2v) is 5.41. The van der Waals surface area contributed by atoms with Crippen LogP contribution in [0.25, 0.3) is 0 Å². The minimum absolute atomic E-state index is 0.160. The molecular formula is C11H20F3NO. The van der Waals surface area contributed by atoms with Crippen LogP contribution in [0.2, 0.25) is 0 Å². The molecule has 0 aliphatic heterocycles. The van der Waals surface area contributed by atoms with Crippen LogP contribution in [0.5, 0.6) is 0 Å². The molecule has 1 rings (SSSR count). The van der Waals surface area contributed by atoms with E-state index in [9.17, 15) is 18.3 Å². The molecule has 0 radical (unpaired) electrons. The summed E-state index contributed by atoms with van der Waals surface area (Å²) in [6.45, 7) is 5.99. The number of halogens is 3. The molecule has 2 N–H and O–H groups in total. The van der Waals surface area contributed by atoms with Gasteiger partial charge in [-0.05, 0) is 20.3 Å². The lowest BCUT2D eigenvalue weighted by molar-refractivity contribution is -0.293. The number of nitrogens with one attached hydrogen (secondary N) is 1. The third kappa shape index (κ3) is 2.88. The molecule has 0 atom stereocenters. The monoisotopic (exact) mass is 239 g/mol. The molecule has 1 aliphatic rings. The van der Waals surface area contributed by atoms with E-state index in [2.05, 4.69) is 5.32 Å². The Hall–Kier alpha value is -0.290. The predicted molar refractivity (Wildman–Crippen MR) is 56.1 cm³/mol. The second-order valence-electron chi connectivity index (χ2n) is 5.41. The molecule has 16 heavy (non-hydrogen) atoms. The highest BCUT2D eigenvalue weighted by atomic mass is 19.4. The topological polar surface area (TPSA) is 32.3 Å². The lowest BCUT2D eigenvalue weighted by Gasteiger charge is -2.47. The van der Waals surface area contributed by atoms with Gasteiger partial charge in [0.2, 0.25) is 0 Å². The van der Waals surface area contributed by atoms with Gasteiger partial charge in [0.15, 0.2) is 5.60 Å². The molecule has 0 heterocycles. The number of alkyl halides is 3. The quantitative estimate of drug-likeness (QED) is 0.790. The van der Waals surface area contributed by atoms with E-state index in [-0.39, 0.29) is 24.4 Å². The lowest BCUT2D eigenvalue weighted by atomic mass is 9.74. The van der Waals surface area contributed by atoms with Crippen molar-refractivity contribution in [1.29, 1.82) is 0 Å². The highest BCUT2D eigenvalue weighted by molar-refractivity contribution is 5.04. The van der Waals surface area contributed by atoms with Gasteiger partial charge in [0.1, 0.15) is 0 Å². The summed E-state index contributed by atoms with van der Waals surface area (Å²) in [6, 6.07) is -0.229. The van der Waals surface area contributed by atoms with Crippen molar-refractivity contribution in [1.82, 2.24) is 5.32 Å². The molecule has 0 aromatic heterocycles. The Labute approximate surface area is 94.2 Å². The number of hydrogen-bond acceptors (Lipinski definition) is 2. The molecular weight excluding hydrogens is 219 g/mol. The summed E-state index contributed by atoms with van der Waals surface area (Å²) in [5.74, 6) is 0. The first-order valence-electron chi connectivity index (χ1n) is 5.66. The summed E-state index contributed by atoms with van der Waals surface area (Å²) in [7, 11) is 0. The average Bonchev–Trinajstić information content (AvgIpc) is 1.97. The predicted octanol–water partition coefficient (Wildman–Crippen LogP) is 2.61. The fraction of sp³-hybridized carbons (Fsp3) is 1.00. The summed E-state index contributed by atoms with van der Waals surface area (Å²) >= 11 is 0. The third-order valence-electron chi connectivity index (χ3n) is 3.17. The first-order valence-corrected chi connectivity index (χ1v) is 5.66. The highest BCUT2D eigenvalue weighted by Crippen LogP contribution is 2.45. The van der Waals surface area contributed by atoms with Gasteiger partial charge in [-0.3, -0.25) is 0 Å². The van der Waals surface area contributed by atoms with E-state index in [0.29, 0.717) is 0 Å². The summed E-state index contributed by atoms with van der Waals surface area (Å²) < 4.78 is 37.1. The minimum atomic E-state index is -4.50. The van der Waals surface area contributed by atoms with E-state index in [1.165, 1.54) is 0 Å². The molecule has 0 aromatic carbocycles. The molecule has 5 heteroatoms. The largest absolute Gasteiger partial charge is 0.417 e. The fourth-order valence-electron chi connectivity index (χ4n) is 2.34. The third-order valence-corrected chi connectivity index (χ3v) is 3.17. The van der Waals surface area contributed by atoms with Crippen LogP contribution >= 0.6 is 0 Å². The normalized spacial score (nSPS) is 31.3. The van der Waals surface area contributed by atoms with Crippen LogP contribution in [0, 0.1) is 0 Å². The molecule has 0 saturated heterocycles. The molecule has 0 spiro atoms. The van der Waals surface area contributed by atoms with Crippen molar-refractivity contribution in [3.8, 4) is 0 Å². The van der Waals surface area contributed by atoms with Gasteiger partial charge in [0, 0.05) is 24.4 Å². The van der Waals surface area contributed by atoms with Crippen LogP contribution in [0.4, 0.5) is 13.2 Å². The first kappa shape index (κ1) is 13.8. The van der Waals surface area contributed by atoms with Crippen molar-refractivity contribution in [2.45, 2.75) is 69.8 Å². The summed E-state index contributed by atoms with van der Waals surface area (Å²) in [4.78, 5) is 0. The average molecular weight is 239 g/mol. The van der Waals surface area contributed by atoms with Gasteiger partial charge < -0.3 is 10.4 Å². The van der Waals surface area contributed by atoms with Crippen LogP contribution in [0.15, 0.2) is 0 Å². The molecule has 96 valence electrons. The molecule has 0 amide bonds. The van der Waals surface area contributed by atoms with E-state index in [0.717, 1.165) is 12.8 Å². The van der Waals surface area contributed by atoms with E-state index in [1.807, 2.05) is 20.8 Å². The Kier molecular flexibility index (Phi) is 3.60. The Morgan fingerprint density at radius 1 is 1.31 bits per heavy atom. The Bertz CT molecular complexity index is 244. The summed E-state index contributed by atoms with van der Waals surface area (Å²) in [5.41, 5.74) is -2.63. The van der Waals surface area contributed by atoms with Gasteiger partial charge in [-0.1, -0.05) is 13.3 Å². The summed E-state index contributed by atoms with van der Waals surface area (Å²) in [6.07, 6.45) is -3.07. The number of hydrogen-bond donors (Lipinski definition) is 2. The van der Waals surface area contributed by atoms with Crippen molar-refractivity contribution < 1.29 is 18.3 Å². The Morgan fingerprint density at radius 3 is 2.19 bits per heavy atom. The maximum atomic E-state index is 12.4. The van der Waals surface area contributed by atoms with E-state index in [4.69, 9.17) is 0 Å². The van der Waals surface area contributed by atoms with Crippen molar-refractivity contribution in [3.63, 3.8) is 0 Å². The second kappa shape index (κ2) is 4.18. The van der Waals surface area contributed by atoms with Gasteiger partial charge in [0.25, 0.3) is 0 Å².